The summed E-state index contributed by atoms with van der Waals surface area (Å²) in [5.41, 5.74) is 2.97. The summed E-state index contributed by atoms with van der Waals surface area (Å²) < 4.78 is 10.4. The van der Waals surface area contributed by atoms with Crippen molar-refractivity contribution in [3.8, 4) is 5.75 Å². The fraction of sp³-hybridized carbons (Fsp3) is 0.400. The normalized spacial score (nSPS) is 10.7. The Balaban J connectivity index is 2.32. The Kier molecular flexibility index (Phi) is 4.58. The van der Waals surface area contributed by atoms with Crippen molar-refractivity contribution < 1.29 is 9.47 Å². The standard InChI is InChI=1S/C15H20N2O2/c1-11-10-13(16-8-5-9-18-2)12-6-4-7-14(19-3)15(12)17-11/h4,6-7,10H,5,8-9H2,1-3H3,(H,16,17). The highest BCUT2D eigenvalue weighted by Crippen LogP contribution is 2.29. The van der Waals surface area contributed by atoms with Crippen molar-refractivity contribution in [3.05, 3.63) is 30.0 Å². The molecule has 0 saturated heterocycles. The van der Waals surface area contributed by atoms with Crippen molar-refractivity contribution in [2.45, 2.75) is 13.3 Å². The molecule has 19 heavy (non-hydrogen) atoms. The third-order valence-electron chi connectivity index (χ3n) is 2.99. The number of aryl methyl sites for hydroxylation is 1. The van der Waals surface area contributed by atoms with Gasteiger partial charge in [0, 0.05) is 37.0 Å². The van der Waals surface area contributed by atoms with E-state index in [1.54, 1.807) is 14.2 Å². The molecule has 0 radical (unpaired) electrons. The van der Waals surface area contributed by atoms with Crippen LogP contribution in [0.15, 0.2) is 24.3 Å². The highest BCUT2D eigenvalue weighted by Gasteiger charge is 2.07. The summed E-state index contributed by atoms with van der Waals surface area (Å²) in [6, 6.07) is 8.04. The summed E-state index contributed by atoms with van der Waals surface area (Å²) in [5, 5.41) is 4.52. The predicted molar refractivity (Wildman–Crippen MR) is 78.0 cm³/mol. The first kappa shape index (κ1) is 13.6. The molecular weight excluding hydrogens is 240 g/mol. The van der Waals surface area contributed by atoms with E-state index >= 15 is 0 Å². The van der Waals surface area contributed by atoms with Gasteiger partial charge in [-0.2, -0.15) is 0 Å². The summed E-state index contributed by atoms with van der Waals surface area (Å²) in [6.07, 6.45) is 0.976. The maximum atomic E-state index is 5.37. The molecule has 1 N–H and O–H groups in total. The Morgan fingerprint density at radius 1 is 1.26 bits per heavy atom. The van der Waals surface area contributed by atoms with Crippen LogP contribution in [0.3, 0.4) is 0 Å². The topological polar surface area (TPSA) is 43.4 Å². The number of hydrogen-bond donors (Lipinski definition) is 1. The molecule has 0 aliphatic rings. The van der Waals surface area contributed by atoms with E-state index in [0.29, 0.717) is 0 Å². The number of para-hydroxylation sites is 1. The van der Waals surface area contributed by atoms with Gasteiger partial charge in [0.1, 0.15) is 11.3 Å². The van der Waals surface area contributed by atoms with E-state index < -0.39 is 0 Å². The molecule has 0 spiro atoms. The molecule has 1 aromatic heterocycles. The van der Waals surface area contributed by atoms with Gasteiger partial charge in [0.05, 0.1) is 7.11 Å². The van der Waals surface area contributed by atoms with Crippen LogP contribution >= 0.6 is 0 Å². The molecule has 4 nitrogen and oxygen atoms in total. The number of fused-ring (bicyclic) bond motifs is 1. The molecule has 0 aliphatic heterocycles. The van der Waals surface area contributed by atoms with Crippen LogP contribution in [0.4, 0.5) is 5.69 Å². The molecule has 0 atom stereocenters. The Morgan fingerprint density at radius 3 is 2.84 bits per heavy atom. The minimum absolute atomic E-state index is 0.762. The molecule has 0 fully saturated rings. The fourth-order valence-electron chi connectivity index (χ4n) is 2.10. The first-order chi connectivity index (χ1) is 9.26. The van der Waals surface area contributed by atoms with Crippen LogP contribution in [-0.4, -0.2) is 32.4 Å². The molecular formula is C15H20N2O2. The van der Waals surface area contributed by atoms with Crippen LogP contribution in [0.1, 0.15) is 12.1 Å². The number of benzene rings is 1. The van der Waals surface area contributed by atoms with Crippen molar-refractivity contribution in [1.29, 1.82) is 0 Å². The molecule has 1 heterocycles. The number of hydrogen-bond acceptors (Lipinski definition) is 4. The maximum Gasteiger partial charge on any atom is 0.145 e. The van der Waals surface area contributed by atoms with E-state index in [9.17, 15) is 0 Å². The smallest absolute Gasteiger partial charge is 0.145 e. The van der Waals surface area contributed by atoms with E-state index in [0.717, 1.165) is 47.6 Å². The summed E-state index contributed by atoms with van der Waals surface area (Å²) >= 11 is 0. The van der Waals surface area contributed by atoms with Crippen LogP contribution in [0.5, 0.6) is 5.75 Å². The third-order valence-corrected chi connectivity index (χ3v) is 2.99. The average Bonchev–Trinajstić information content (AvgIpc) is 2.42. The van der Waals surface area contributed by atoms with Gasteiger partial charge in [0.2, 0.25) is 0 Å². The van der Waals surface area contributed by atoms with Crippen LogP contribution in [-0.2, 0) is 4.74 Å². The van der Waals surface area contributed by atoms with E-state index in [1.165, 1.54) is 0 Å². The molecule has 0 unspecified atom stereocenters. The van der Waals surface area contributed by atoms with Gasteiger partial charge in [0.15, 0.2) is 0 Å². The Bertz CT molecular complexity index is 555. The second-order valence-corrected chi connectivity index (χ2v) is 4.44. The summed E-state index contributed by atoms with van der Waals surface area (Å²) in [7, 11) is 3.39. The Hall–Kier alpha value is -1.81. The minimum atomic E-state index is 0.762. The summed E-state index contributed by atoms with van der Waals surface area (Å²) in [6.45, 7) is 3.63. The van der Waals surface area contributed by atoms with Gasteiger partial charge in [-0.1, -0.05) is 12.1 Å². The van der Waals surface area contributed by atoms with E-state index in [4.69, 9.17) is 9.47 Å². The predicted octanol–water partition coefficient (Wildman–Crippen LogP) is 3.00. The van der Waals surface area contributed by atoms with Crippen LogP contribution in [0, 0.1) is 6.92 Å². The number of aromatic nitrogens is 1. The van der Waals surface area contributed by atoms with Crippen LogP contribution < -0.4 is 10.1 Å². The minimum Gasteiger partial charge on any atom is -0.494 e. The van der Waals surface area contributed by atoms with Crippen molar-refractivity contribution >= 4 is 16.6 Å². The number of nitrogens with one attached hydrogen (secondary N) is 1. The maximum absolute atomic E-state index is 5.37. The lowest BCUT2D eigenvalue weighted by Crippen LogP contribution is -2.06. The van der Waals surface area contributed by atoms with Gasteiger partial charge in [0.25, 0.3) is 0 Å². The van der Waals surface area contributed by atoms with Crippen molar-refractivity contribution in [2.75, 3.05) is 32.7 Å². The zero-order valence-electron chi connectivity index (χ0n) is 11.7. The molecule has 102 valence electrons. The van der Waals surface area contributed by atoms with Crippen molar-refractivity contribution in [2.24, 2.45) is 0 Å². The highest BCUT2D eigenvalue weighted by atomic mass is 16.5. The van der Waals surface area contributed by atoms with Crippen molar-refractivity contribution in [1.82, 2.24) is 4.98 Å². The number of ether oxygens (including phenoxy) is 2. The number of nitrogens with zero attached hydrogens (tertiary/aromatic N) is 1. The Labute approximate surface area is 113 Å². The van der Waals surface area contributed by atoms with Crippen LogP contribution in [0.25, 0.3) is 10.9 Å². The second kappa shape index (κ2) is 6.38. The quantitative estimate of drug-likeness (QED) is 0.811. The van der Waals surface area contributed by atoms with E-state index in [1.807, 2.05) is 19.1 Å². The molecule has 1 aromatic carbocycles. The average molecular weight is 260 g/mol. The monoisotopic (exact) mass is 260 g/mol. The zero-order chi connectivity index (χ0) is 13.7. The number of rotatable bonds is 6. The molecule has 2 rings (SSSR count). The molecule has 0 bridgehead atoms. The largest absolute Gasteiger partial charge is 0.494 e. The summed E-state index contributed by atoms with van der Waals surface area (Å²) in [5.74, 6) is 0.807. The molecule has 0 saturated carbocycles. The lowest BCUT2D eigenvalue weighted by molar-refractivity contribution is 0.198. The van der Waals surface area contributed by atoms with Gasteiger partial charge >= 0.3 is 0 Å². The summed E-state index contributed by atoms with van der Waals surface area (Å²) in [4.78, 5) is 4.56. The van der Waals surface area contributed by atoms with E-state index in [-0.39, 0.29) is 0 Å². The zero-order valence-corrected chi connectivity index (χ0v) is 11.7. The SMILES string of the molecule is COCCCNc1cc(C)nc2c(OC)cccc12. The molecule has 2 aromatic rings. The fourth-order valence-corrected chi connectivity index (χ4v) is 2.10. The first-order valence-electron chi connectivity index (χ1n) is 6.43. The molecule has 0 amide bonds. The number of pyridine rings is 1. The van der Waals surface area contributed by atoms with Crippen LogP contribution in [0.2, 0.25) is 0 Å². The van der Waals surface area contributed by atoms with Gasteiger partial charge in [-0.15, -0.1) is 0 Å². The molecule has 4 heteroatoms. The van der Waals surface area contributed by atoms with E-state index in [2.05, 4.69) is 22.4 Å². The van der Waals surface area contributed by atoms with Crippen molar-refractivity contribution in [3.63, 3.8) is 0 Å². The second-order valence-electron chi connectivity index (χ2n) is 4.44. The number of anilines is 1. The lowest BCUT2D eigenvalue weighted by Gasteiger charge is -2.12. The van der Waals surface area contributed by atoms with Gasteiger partial charge in [-0.05, 0) is 25.5 Å². The third kappa shape index (κ3) is 3.15. The number of methoxy groups -OCH3 is 2. The van der Waals surface area contributed by atoms with Gasteiger partial charge in [-0.3, -0.25) is 0 Å². The van der Waals surface area contributed by atoms with Gasteiger partial charge in [-0.25, -0.2) is 4.98 Å². The van der Waals surface area contributed by atoms with Gasteiger partial charge < -0.3 is 14.8 Å². The Morgan fingerprint density at radius 2 is 2.11 bits per heavy atom. The first-order valence-corrected chi connectivity index (χ1v) is 6.43. The highest BCUT2D eigenvalue weighted by molar-refractivity contribution is 5.95. The molecule has 0 aliphatic carbocycles. The lowest BCUT2D eigenvalue weighted by atomic mass is 10.1.